The van der Waals surface area contributed by atoms with Crippen molar-refractivity contribution in [2.75, 3.05) is 0 Å². The van der Waals surface area contributed by atoms with Crippen LogP contribution in [0.5, 0.6) is 0 Å². The van der Waals surface area contributed by atoms with E-state index in [4.69, 9.17) is 11.6 Å². The molecular formula is C10H8ClN3S. The van der Waals surface area contributed by atoms with E-state index in [-0.39, 0.29) is 0 Å². The predicted octanol–water partition coefficient (Wildman–Crippen LogP) is 2.98. The molecule has 0 aliphatic carbocycles. The van der Waals surface area contributed by atoms with Gasteiger partial charge in [-0.25, -0.2) is 15.0 Å². The molecular weight excluding hydrogens is 230 g/mol. The molecule has 0 saturated heterocycles. The van der Waals surface area contributed by atoms with Crippen LogP contribution in [-0.4, -0.2) is 15.0 Å². The molecule has 0 aliphatic rings. The molecule has 15 heavy (non-hydrogen) atoms. The van der Waals surface area contributed by atoms with Crippen LogP contribution in [0.2, 0.25) is 5.02 Å². The third-order valence-corrected chi connectivity index (χ3v) is 3.00. The molecule has 0 aliphatic heterocycles. The van der Waals surface area contributed by atoms with Crippen molar-refractivity contribution in [2.24, 2.45) is 0 Å². The third-order valence-electron chi connectivity index (χ3n) is 1.69. The van der Waals surface area contributed by atoms with Gasteiger partial charge >= 0.3 is 0 Å². The summed E-state index contributed by atoms with van der Waals surface area (Å²) in [4.78, 5) is 12.5. The van der Waals surface area contributed by atoms with Crippen LogP contribution < -0.4 is 0 Å². The topological polar surface area (TPSA) is 38.7 Å². The predicted molar refractivity (Wildman–Crippen MR) is 60.1 cm³/mol. The maximum atomic E-state index is 5.98. The maximum absolute atomic E-state index is 5.98. The first-order valence-corrected chi connectivity index (χ1v) is 5.53. The van der Waals surface area contributed by atoms with Gasteiger partial charge < -0.3 is 0 Å². The molecule has 2 aromatic heterocycles. The van der Waals surface area contributed by atoms with Crippen LogP contribution in [0.25, 0.3) is 0 Å². The molecule has 0 atom stereocenters. The van der Waals surface area contributed by atoms with Crippen molar-refractivity contribution in [2.45, 2.75) is 17.1 Å². The van der Waals surface area contributed by atoms with Crippen molar-refractivity contribution in [3.8, 4) is 0 Å². The molecule has 3 nitrogen and oxygen atoms in total. The molecule has 0 saturated carbocycles. The summed E-state index contributed by atoms with van der Waals surface area (Å²) in [5.41, 5.74) is 0.930. The van der Waals surface area contributed by atoms with Crippen molar-refractivity contribution >= 4 is 23.4 Å². The van der Waals surface area contributed by atoms with Crippen LogP contribution in [0, 0.1) is 6.92 Å². The van der Waals surface area contributed by atoms with E-state index in [0.29, 0.717) is 10.2 Å². The lowest BCUT2D eigenvalue weighted by Gasteiger charge is -2.01. The van der Waals surface area contributed by atoms with E-state index in [2.05, 4.69) is 15.0 Å². The van der Waals surface area contributed by atoms with Gasteiger partial charge in [-0.05, 0) is 36.9 Å². The highest BCUT2D eigenvalue weighted by Crippen LogP contribution is 2.28. The number of halogens is 1. The van der Waals surface area contributed by atoms with Gasteiger partial charge in [0.15, 0.2) is 5.16 Å². The van der Waals surface area contributed by atoms with E-state index < -0.39 is 0 Å². The lowest BCUT2D eigenvalue weighted by Crippen LogP contribution is -1.89. The van der Waals surface area contributed by atoms with Gasteiger partial charge in [0.05, 0.1) is 5.02 Å². The van der Waals surface area contributed by atoms with Crippen molar-refractivity contribution in [3.63, 3.8) is 0 Å². The van der Waals surface area contributed by atoms with Crippen LogP contribution in [0.1, 0.15) is 5.69 Å². The van der Waals surface area contributed by atoms with Crippen LogP contribution >= 0.6 is 23.4 Å². The third kappa shape index (κ3) is 2.67. The summed E-state index contributed by atoms with van der Waals surface area (Å²) in [5, 5.41) is 2.01. The lowest BCUT2D eigenvalue weighted by molar-refractivity contribution is 0.928. The Morgan fingerprint density at radius 3 is 2.80 bits per heavy atom. The van der Waals surface area contributed by atoms with Crippen LogP contribution in [0.15, 0.2) is 40.8 Å². The van der Waals surface area contributed by atoms with Gasteiger partial charge in [0, 0.05) is 18.1 Å². The van der Waals surface area contributed by atoms with Crippen molar-refractivity contribution < 1.29 is 0 Å². The molecule has 0 fully saturated rings. The van der Waals surface area contributed by atoms with Gasteiger partial charge in [-0.15, -0.1) is 0 Å². The van der Waals surface area contributed by atoms with Crippen LogP contribution in [0.3, 0.4) is 0 Å². The number of rotatable bonds is 2. The Labute approximate surface area is 96.9 Å². The van der Waals surface area contributed by atoms with E-state index >= 15 is 0 Å². The highest BCUT2D eigenvalue weighted by molar-refractivity contribution is 7.99. The molecule has 0 bridgehead atoms. The Morgan fingerprint density at radius 2 is 2.07 bits per heavy atom. The zero-order chi connectivity index (χ0) is 10.7. The molecule has 76 valence electrons. The molecule has 0 aromatic carbocycles. The Kier molecular flexibility index (Phi) is 3.18. The molecule has 2 aromatic rings. The van der Waals surface area contributed by atoms with Crippen molar-refractivity contribution in [3.05, 3.63) is 41.3 Å². The molecule has 0 N–H and O–H groups in total. The average Bonchev–Trinajstić information content (AvgIpc) is 2.22. The number of hydrogen-bond donors (Lipinski definition) is 0. The lowest BCUT2D eigenvalue weighted by atomic mass is 10.5. The Bertz CT molecular complexity index is 476. The first-order chi connectivity index (χ1) is 7.25. The van der Waals surface area contributed by atoms with Gasteiger partial charge in [-0.2, -0.15) is 0 Å². The number of aryl methyl sites for hydroxylation is 1. The molecule has 0 amide bonds. The Hall–Kier alpha value is -1.13. The van der Waals surface area contributed by atoms with Crippen molar-refractivity contribution in [1.82, 2.24) is 15.0 Å². The Morgan fingerprint density at radius 1 is 1.20 bits per heavy atom. The van der Waals surface area contributed by atoms with E-state index in [1.165, 1.54) is 11.8 Å². The van der Waals surface area contributed by atoms with Gasteiger partial charge in [-0.3, -0.25) is 0 Å². The second-order valence-corrected chi connectivity index (χ2v) is 4.24. The minimum Gasteiger partial charge on any atom is -0.248 e. The second kappa shape index (κ2) is 4.59. The average molecular weight is 238 g/mol. The molecule has 0 radical (unpaired) electrons. The monoisotopic (exact) mass is 237 g/mol. The molecule has 0 unspecified atom stereocenters. The van der Waals surface area contributed by atoms with Crippen LogP contribution in [-0.2, 0) is 0 Å². The zero-order valence-electron chi connectivity index (χ0n) is 8.01. The fourth-order valence-electron chi connectivity index (χ4n) is 1.01. The van der Waals surface area contributed by atoms with E-state index in [1.54, 1.807) is 24.5 Å². The SMILES string of the molecule is Cc1ccnc(Sc2ncccc2Cl)n1. The van der Waals surface area contributed by atoms with Gasteiger partial charge in [0.25, 0.3) is 0 Å². The molecule has 2 heterocycles. The number of hydrogen-bond acceptors (Lipinski definition) is 4. The summed E-state index contributed by atoms with van der Waals surface area (Å²) in [6, 6.07) is 5.44. The minimum absolute atomic E-state index is 0.618. The minimum atomic E-state index is 0.618. The summed E-state index contributed by atoms with van der Waals surface area (Å²) in [7, 11) is 0. The standard InChI is InChI=1S/C10H8ClN3S/c1-7-4-6-13-10(14-7)15-9-8(11)3-2-5-12-9/h2-6H,1H3. The second-order valence-electron chi connectivity index (χ2n) is 2.87. The fourth-order valence-corrected chi connectivity index (χ4v) is 2.00. The van der Waals surface area contributed by atoms with Gasteiger partial charge in [0.1, 0.15) is 5.03 Å². The number of aromatic nitrogens is 3. The first-order valence-electron chi connectivity index (χ1n) is 4.34. The zero-order valence-corrected chi connectivity index (χ0v) is 9.59. The normalized spacial score (nSPS) is 10.3. The highest BCUT2D eigenvalue weighted by Gasteiger charge is 2.05. The summed E-state index contributed by atoms with van der Waals surface area (Å²) in [5.74, 6) is 0. The molecule has 2 rings (SSSR count). The maximum Gasteiger partial charge on any atom is 0.194 e. The largest absolute Gasteiger partial charge is 0.248 e. The number of nitrogens with zero attached hydrogens (tertiary/aromatic N) is 3. The summed E-state index contributed by atoms with van der Waals surface area (Å²) in [6.45, 7) is 1.92. The molecule has 0 spiro atoms. The van der Waals surface area contributed by atoms with Crippen LogP contribution in [0.4, 0.5) is 0 Å². The highest BCUT2D eigenvalue weighted by atomic mass is 35.5. The summed E-state index contributed by atoms with van der Waals surface area (Å²) >= 11 is 7.34. The fraction of sp³-hybridized carbons (Fsp3) is 0.100. The summed E-state index contributed by atoms with van der Waals surface area (Å²) < 4.78 is 0. The molecule has 5 heteroatoms. The smallest absolute Gasteiger partial charge is 0.194 e. The van der Waals surface area contributed by atoms with E-state index in [9.17, 15) is 0 Å². The van der Waals surface area contributed by atoms with E-state index in [1.807, 2.05) is 13.0 Å². The van der Waals surface area contributed by atoms with Gasteiger partial charge in [-0.1, -0.05) is 11.6 Å². The number of pyridine rings is 1. The van der Waals surface area contributed by atoms with E-state index in [0.717, 1.165) is 10.7 Å². The Balaban J connectivity index is 2.26. The quantitative estimate of drug-likeness (QED) is 0.753. The first kappa shape index (κ1) is 10.4. The van der Waals surface area contributed by atoms with Gasteiger partial charge in [0.2, 0.25) is 0 Å². The summed E-state index contributed by atoms with van der Waals surface area (Å²) in [6.07, 6.45) is 3.42. The van der Waals surface area contributed by atoms with Crippen molar-refractivity contribution in [1.29, 1.82) is 0 Å².